The van der Waals surface area contributed by atoms with E-state index < -0.39 is 27.8 Å². The van der Waals surface area contributed by atoms with Gasteiger partial charge in [-0.15, -0.1) is 0 Å². The summed E-state index contributed by atoms with van der Waals surface area (Å²) in [6, 6.07) is 11.5. The van der Waals surface area contributed by atoms with Gasteiger partial charge < -0.3 is 9.47 Å². The lowest BCUT2D eigenvalue weighted by atomic mass is 10.1. The Kier molecular flexibility index (Phi) is 5.85. The standard InChI is InChI=1S/C18H19F2NO4S/c19-14-5-7-15(8-6-14)24-11-12-26(22,23)21-9-10-25-18(13-21)16-3-1-2-4-17(16)20/h1-8,18H,9-13H2. The Morgan fingerprint density at radius 3 is 2.58 bits per heavy atom. The average molecular weight is 383 g/mol. The monoisotopic (exact) mass is 383 g/mol. The van der Waals surface area contributed by atoms with Crippen LogP contribution in [0.15, 0.2) is 48.5 Å². The lowest BCUT2D eigenvalue weighted by molar-refractivity contribution is -0.00448. The second kappa shape index (κ2) is 8.11. The van der Waals surface area contributed by atoms with E-state index in [-0.39, 0.29) is 32.1 Å². The molecule has 0 aromatic heterocycles. The summed E-state index contributed by atoms with van der Waals surface area (Å²) in [4.78, 5) is 0. The average Bonchev–Trinajstić information content (AvgIpc) is 2.64. The zero-order valence-corrected chi connectivity index (χ0v) is 14.8. The molecule has 0 saturated carbocycles. The molecule has 8 heteroatoms. The number of sulfonamides is 1. The van der Waals surface area contributed by atoms with Crippen molar-refractivity contribution >= 4 is 10.0 Å². The molecule has 0 N–H and O–H groups in total. The fourth-order valence-corrected chi connectivity index (χ4v) is 3.99. The summed E-state index contributed by atoms with van der Waals surface area (Å²) in [5.74, 6) is -0.643. The van der Waals surface area contributed by atoms with E-state index in [1.165, 1.54) is 34.6 Å². The van der Waals surface area contributed by atoms with E-state index in [4.69, 9.17) is 9.47 Å². The SMILES string of the molecule is O=S(=O)(CCOc1ccc(F)cc1)N1CCOC(c2ccccc2F)C1. The highest BCUT2D eigenvalue weighted by atomic mass is 32.2. The van der Waals surface area contributed by atoms with Crippen LogP contribution < -0.4 is 4.74 Å². The zero-order chi connectivity index (χ0) is 18.6. The van der Waals surface area contributed by atoms with Gasteiger partial charge in [-0.25, -0.2) is 17.2 Å². The summed E-state index contributed by atoms with van der Waals surface area (Å²) in [7, 11) is -3.58. The van der Waals surface area contributed by atoms with Gasteiger partial charge in [-0.05, 0) is 30.3 Å². The number of ether oxygens (including phenoxy) is 2. The minimum atomic E-state index is -3.58. The molecule has 1 atom stereocenters. The van der Waals surface area contributed by atoms with Gasteiger partial charge in [0.1, 0.15) is 24.0 Å². The maximum atomic E-state index is 13.9. The third kappa shape index (κ3) is 4.57. The van der Waals surface area contributed by atoms with Crippen molar-refractivity contribution in [3.05, 3.63) is 65.7 Å². The fraction of sp³-hybridized carbons (Fsp3) is 0.333. The summed E-state index contributed by atoms with van der Waals surface area (Å²) in [6.45, 7) is 0.399. The molecule has 0 spiro atoms. The number of morpholine rings is 1. The molecule has 2 aromatic rings. The Morgan fingerprint density at radius 2 is 1.85 bits per heavy atom. The molecule has 1 fully saturated rings. The summed E-state index contributed by atoms with van der Waals surface area (Å²) in [5, 5.41) is 0. The second-order valence-corrected chi connectivity index (χ2v) is 7.95. The lowest BCUT2D eigenvalue weighted by Gasteiger charge is -2.32. The molecule has 3 rings (SSSR count). The highest BCUT2D eigenvalue weighted by Gasteiger charge is 2.31. The minimum Gasteiger partial charge on any atom is -0.492 e. The Morgan fingerprint density at radius 1 is 1.12 bits per heavy atom. The number of hydrogen-bond acceptors (Lipinski definition) is 4. The number of benzene rings is 2. The highest BCUT2D eigenvalue weighted by molar-refractivity contribution is 7.89. The van der Waals surface area contributed by atoms with Gasteiger partial charge in [-0.1, -0.05) is 18.2 Å². The van der Waals surface area contributed by atoms with Crippen LogP contribution >= 0.6 is 0 Å². The van der Waals surface area contributed by atoms with Crippen LogP contribution in [0.1, 0.15) is 11.7 Å². The topological polar surface area (TPSA) is 55.8 Å². The minimum absolute atomic E-state index is 0.0554. The van der Waals surface area contributed by atoms with Gasteiger partial charge in [0.15, 0.2) is 0 Å². The van der Waals surface area contributed by atoms with Gasteiger partial charge in [0.05, 0.1) is 18.5 Å². The molecule has 26 heavy (non-hydrogen) atoms. The van der Waals surface area contributed by atoms with Gasteiger partial charge >= 0.3 is 0 Å². The van der Waals surface area contributed by atoms with Crippen LogP contribution in [0.3, 0.4) is 0 Å². The van der Waals surface area contributed by atoms with Crippen LogP contribution in [0.5, 0.6) is 5.75 Å². The number of halogens is 2. The molecule has 1 aliphatic heterocycles. The van der Waals surface area contributed by atoms with E-state index in [9.17, 15) is 17.2 Å². The van der Waals surface area contributed by atoms with E-state index >= 15 is 0 Å². The Hall–Kier alpha value is -2.03. The van der Waals surface area contributed by atoms with Crippen LogP contribution in [-0.4, -0.2) is 44.8 Å². The Labute approximate surface area is 151 Å². The van der Waals surface area contributed by atoms with Crippen molar-refractivity contribution in [3.63, 3.8) is 0 Å². The van der Waals surface area contributed by atoms with E-state index in [1.54, 1.807) is 18.2 Å². The van der Waals surface area contributed by atoms with Gasteiger partial charge in [0.2, 0.25) is 10.0 Å². The maximum Gasteiger partial charge on any atom is 0.217 e. The normalized spacial score (nSPS) is 18.6. The molecule has 5 nitrogen and oxygen atoms in total. The van der Waals surface area contributed by atoms with Crippen molar-refractivity contribution in [2.75, 3.05) is 32.1 Å². The van der Waals surface area contributed by atoms with Crippen LogP contribution in [0, 0.1) is 11.6 Å². The molecular formula is C18H19F2NO4S. The van der Waals surface area contributed by atoms with Crippen LogP contribution in [-0.2, 0) is 14.8 Å². The van der Waals surface area contributed by atoms with Crippen LogP contribution in [0.2, 0.25) is 0 Å². The first-order chi connectivity index (χ1) is 12.5. The van der Waals surface area contributed by atoms with Gasteiger partial charge in [0, 0.05) is 18.7 Å². The fourth-order valence-electron chi connectivity index (χ4n) is 2.73. The summed E-state index contributed by atoms with van der Waals surface area (Å²) < 4.78 is 64.0. The number of rotatable bonds is 6. The lowest BCUT2D eigenvalue weighted by Crippen LogP contribution is -2.44. The first kappa shape index (κ1) is 18.8. The van der Waals surface area contributed by atoms with E-state index in [0.717, 1.165) is 0 Å². The molecule has 1 heterocycles. The van der Waals surface area contributed by atoms with Crippen molar-refractivity contribution in [1.82, 2.24) is 4.31 Å². The molecule has 140 valence electrons. The van der Waals surface area contributed by atoms with Gasteiger partial charge in [-0.3, -0.25) is 0 Å². The zero-order valence-electron chi connectivity index (χ0n) is 14.0. The van der Waals surface area contributed by atoms with Crippen molar-refractivity contribution in [1.29, 1.82) is 0 Å². The molecule has 0 bridgehead atoms. The van der Waals surface area contributed by atoms with E-state index in [2.05, 4.69) is 0 Å². The summed E-state index contributed by atoms with van der Waals surface area (Å²) in [5.41, 5.74) is 0.343. The molecule has 0 radical (unpaired) electrons. The van der Waals surface area contributed by atoms with E-state index in [1.807, 2.05) is 0 Å². The second-order valence-electron chi connectivity index (χ2n) is 5.86. The van der Waals surface area contributed by atoms with Crippen LogP contribution in [0.4, 0.5) is 8.78 Å². The van der Waals surface area contributed by atoms with Crippen LogP contribution in [0.25, 0.3) is 0 Å². The number of nitrogens with zero attached hydrogens (tertiary/aromatic N) is 1. The van der Waals surface area contributed by atoms with Crippen molar-refractivity contribution in [3.8, 4) is 5.75 Å². The molecule has 0 amide bonds. The van der Waals surface area contributed by atoms with Crippen molar-refractivity contribution in [2.24, 2.45) is 0 Å². The highest BCUT2D eigenvalue weighted by Crippen LogP contribution is 2.26. The van der Waals surface area contributed by atoms with E-state index in [0.29, 0.717) is 11.3 Å². The molecule has 2 aromatic carbocycles. The van der Waals surface area contributed by atoms with Gasteiger partial charge in [-0.2, -0.15) is 4.31 Å². The maximum absolute atomic E-state index is 13.9. The van der Waals surface area contributed by atoms with Crippen molar-refractivity contribution in [2.45, 2.75) is 6.10 Å². The Balaban J connectivity index is 1.59. The quantitative estimate of drug-likeness (QED) is 0.770. The third-order valence-electron chi connectivity index (χ3n) is 4.10. The third-order valence-corrected chi connectivity index (χ3v) is 5.90. The smallest absolute Gasteiger partial charge is 0.217 e. The summed E-state index contributed by atoms with van der Waals surface area (Å²) >= 11 is 0. The number of hydrogen-bond donors (Lipinski definition) is 0. The Bertz CT molecular complexity index is 843. The molecule has 1 aliphatic rings. The molecular weight excluding hydrogens is 364 g/mol. The molecule has 1 unspecified atom stereocenters. The summed E-state index contributed by atoms with van der Waals surface area (Å²) in [6.07, 6.45) is -0.641. The predicted molar refractivity (Wildman–Crippen MR) is 92.3 cm³/mol. The van der Waals surface area contributed by atoms with Crippen molar-refractivity contribution < 1.29 is 26.7 Å². The van der Waals surface area contributed by atoms with Gasteiger partial charge in [0.25, 0.3) is 0 Å². The largest absolute Gasteiger partial charge is 0.492 e. The first-order valence-electron chi connectivity index (χ1n) is 8.18. The molecule has 1 saturated heterocycles. The first-order valence-corrected chi connectivity index (χ1v) is 9.79. The molecule has 0 aliphatic carbocycles. The predicted octanol–water partition coefficient (Wildman–Crippen LogP) is 2.75.